The summed E-state index contributed by atoms with van der Waals surface area (Å²) in [5.74, 6) is 0.865. The summed E-state index contributed by atoms with van der Waals surface area (Å²) >= 11 is 7.67. The molecule has 0 spiro atoms. The van der Waals surface area contributed by atoms with Crippen LogP contribution >= 0.6 is 23.4 Å². The Balaban J connectivity index is 2.55. The Kier molecular flexibility index (Phi) is 5.49. The first-order valence-corrected chi connectivity index (χ1v) is 6.74. The van der Waals surface area contributed by atoms with Crippen LogP contribution in [0.1, 0.15) is 16.8 Å². The number of thioether (sulfide) groups is 1. The maximum Gasteiger partial charge on any atom is 0.252 e. The molecule has 3 nitrogen and oxygen atoms in total. The van der Waals surface area contributed by atoms with Gasteiger partial charge in [-0.1, -0.05) is 11.6 Å². The van der Waals surface area contributed by atoms with Crippen molar-refractivity contribution in [3.63, 3.8) is 0 Å². The lowest BCUT2D eigenvalue weighted by Crippen LogP contribution is -2.25. The number of anilines is 1. The molecule has 0 unspecified atom stereocenters. The van der Waals surface area contributed by atoms with Crippen LogP contribution < -0.4 is 11.1 Å². The number of halogens is 1. The van der Waals surface area contributed by atoms with Crippen LogP contribution in [0, 0.1) is 0 Å². The van der Waals surface area contributed by atoms with E-state index in [2.05, 4.69) is 5.32 Å². The number of benzene rings is 1. The van der Waals surface area contributed by atoms with Crippen LogP contribution in [0.4, 0.5) is 5.69 Å². The van der Waals surface area contributed by atoms with Crippen LogP contribution in [0.25, 0.3) is 0 Å². The molecule has 0 atom stereocenters. The topological polar surface area (TPSA) is 55.1 Å². The minimum absolute atomic E-state index is 0.168. The van der Waals surface area contributed by atoms with Gasteiger partial charge >= 0.3 is 0 Å². The lowest BCUT2D eigenvalue weighted by atomic mass is 10.2. The largest absolute Gasteiger partial charge is 0.399 e. The van der Waals surface area contributed by atoms with Crippen LogP contribution in [0.2, 0.25) is 5.02 Å². The molecule has 5 heteroatoms. The van der Waals surface area contributed by atoms with Crippen molar-refractivity contribution in [1.82, 2.24) is 5.32 Å². The lowest BCUT2D eigenvalue weighted by Gasteiger charge is -2.06. The minimum atomic E-state index is -0.168. The predicted octanol–water partition coefficient (Wildman–Crippen LogP) is 2.41. The van der Waals surface area contributed by atoms with Crippen molar-refractivity contribution in [1.29, 1.82) is 0 Å². The quantitative estimate of drug-likeness (QED) is 0.630. The molecule has 0 aromatic heterocycles. The number of hydrogen-bond acceptors (Lipinski definition) is 3. The summed E-state index contributed by atoms with van der Waals surface area (Å²) in [5, 5.41) is 3.24. The van der Waals surface area contributed by atoms with Crippen LogP contribution in [-0.2, 0) is 0 Å². The summed E-state index contributed by atoms with van der Waals surface area (Å²) in [6, 6.07) is 4.90. The van der Waals surface area contributed by atoms with Crippen molar-refractivity contribution in [3.8, 4) is 0 Å². The molecule has 0 saturated heterocycles. The third-order valence-corrected chi connectivity index (χ3v) is 3.07. The van der Waals surface area contributed by atoms with E-state index in [0.717, 1.165) is 12.2 Å². The van der Waals surface area contributed by atoms with E-state index in [1.807, 2.05) is 6.26 Å². The molecule has 1 aromatic carbocycles. The van der Waals surface area contributed by atoms with Gasteiger partial charge in [-0.05, 0) is 36.6 Å². The summed E-state index contributed by atoms with van der Waals surface area (Å²) in [4.78, 5) is 11.7. The molecular weight excluding hydrogens is 244 g/mol. The number of rotatable bonds is 5. The summed E-state index contributed by atoms with van der Waals surface area (Å²) in [6.07, 6.45) is 2.99. The van der Waals surface area contributed by atoms with Crippen LogP contribution in [-0.4, -0.2) is 24.5 Å². The molecule has 1 aromatic rings. The van der Waals surface area contributed by atoms with E-state index < -0.39 is 0 Å². The van der Waals surface area contributed by atoms with Gasteiger partial charge in [-0.25, -0.2) is 0 Å². The van der Waals surface area contributed by atoms with E-state index in [1.54, 1.807) is 30.0 Å². The summed E-state index contributed by atoms with van der Waals surface area (Å²) in [7, 11) is 0. The number of amides is 1. The standard InChI is InChI=1S/C11H15ClN2OS/c1-16-6-2-5-14-11(15)9-7-8(13)3-4-10(9)12/h3-4,7H,2,5-6,13H2,1H3,(H,14,15). The average molecular weight is 259 g/mol. The highest BCUT2D eigenvalue weighted by Crippen LogP contribution is 2.18. The van der Waals surface area contributed by atoms with Crippen LogP contribution in [0.5, 0.6) is 0 Å². The maximum absolute atomic E-state index is 11.7. The van der Waals surface area contributed by atoms with Crippen molar-refractivity contribution < 1.29 is 4.79 Å². The Labute approximate surface area is 105 Å². The molecule has 0 aliphatic rings. The Hall–Kier alpha value is -0.870. The van der Waals surface area contributed by atoms with E-state index in [1.165, 1.54) is 0 Å². The third kappa shape index (κ3) is 3.94. The van der Waals surface area contributed by atoms with Gasteiger partial charge in [-0.3, -0.25) is 4.79 Å². The van der Waals surface area contributed by atoms with Gasteiger partial charge in [0, 0.05) is 12.2 Å². The molecule has 1 amide bonds. The molecule has 3 N–H and O–H groups in total. The molecule has 16 heavy (non-hydrogen) atoms. The Morgan fingerprint density at radius 3 is 3.00 bits per heavy atom. The second-order valence-electron chi connectivity index (χ2n) is 3.34. The molecule has 1 rings (SSSR count). The van der Waals surface area contributed by atoms with Crippen molar-refractivity contribution >= 4 is 35.0 Å². The third-order valence-electron chi connectivity index (χ3n) is 2.05. The fourth-order valence-electron chi connectivity index (χ4n) is 1.23. The Bertz CT molecular complexity index is 371. The summed E-state index contributed by atoms with van der Waals surface area (Å²) < 4.78 is 0. The molecule has 0 radical (unpaired) electrons. The van der Waals surface area contributed by atoms with Crippen molar-refractivity contribution in [2.24, 2.45) is 0 Å². The van der Waals surface area contributed by atoms with Gasteiger partial charge in [-0.15, -0.1) is 0 Å². The van der Waals surface area contributed by atoms with Gasteiger partial charge in [0.05, 0.1) is 10.6 Å². The number of nitrogen functional groups attached to an aromatic ring is 1. The molecule has 0 bridgehead atoms. The monoisotopic (exact) mass is 258 g/mol. The molecular formula is C11H15ClN2OS. The fourth-order valence-corrected chi connectivity index (χ4v) is 1.87. The van der Waals surface area contributed by atoms with Gasteiger partial charge in [0.15, 0.2) is 0 Å². The second-order valence-corrected chi connectivity index (χ2v) is 4.73. The van der Waals surface area contributed by atoms with Gasteiger partial charge in [0.1, 0.15) is 0 Å². The lowest BCUT2D eigenvalue weighted by molar-refractivity contribution is 0.0954. The second kappa shape index (κ2) is 6.66. The van der Waals surface area contributed by atoms with E-state index in [9.17, 15) is 4.79 Å². The number of carbonyl (C=O) groups excluding carboxylic acids is 1. The SMILES string of the molecule is CSCCCNC(=O)c1cc(N)ccc1Cl. The first-order chi connectivity index (χ1) is 7.65. The highest BCUT2D eigenvalue weighted by Gasteiger charge is 2.09. The van der Waals surface area contributed by atoms with Gasteiger partial charge < -0.3 is 11.1 Å². The Morgan fingerprint density at radius 2 is 2.31 bits per heavy atom. The average Bonchev–Trinajstić information content (AvgIpc) is 2.27. The molecule has 0 heterocycles. The molecule has 0 aliphatic heterocycles. The predicted molar refractivity (Wildman–Crippen MR) is 71.2 cm³/mol. The highest BCUT2D eigenvalue weighted by molar-refractivity contribution is 7.98. The van der Waals surface area contributed by atoms with Crippen LogP contribution in [0.15, 0.2) is 18.2 Å². The smallest absolute Gasteiger partial charge is 0.252 e. The number of carbonyl (C=O) groups is 1. The summed E-state index contributed by atoms with van der Waals surface area (Å²) in [6.45, 7) is 0.658. The molecule has 0 fully saturated rings. The zero-order chi connectivity index (χ0) is 12.0. The van der Waals surface area contributed by atoms with Crippen LogP contribution in [0.3, 0.4) is 0 Å². The molecule has 0 aliphatic carbocycles. The van der Waals surface area contributed by atoms with Crippen molar-refractivity contribution in [2.45, 2.75) is 6.42 Å². The van der Waals surface area contributed by atoms with E-state index in [4.69, 9.17) is 17.3 Å². The number of hydrogen-bond donors (Lipinski definition) is 2. The first-order valence-electron chi connectivity index (χ1n) is 4.97. The normalized spacial score (nSPS) is 10.1. The van der Waals surface area contributed by atoms with E-state index >= 15 is 0 Å². The van der Waals surface area contributed by atoms with Gasteiger partial charge in [0.2, 0.25) is 0 Å². The zero-order valence-electron chi connectivity index (χ0n) is 9.13. The highest BCUT2D eigenvalue weighted by atomic mass is 35.5. The fraction of sp³-hybridized carbons (Fsp3) is 0.364. The van der Waals surface area contributed by atoms with Crippen molar-refractivity contribution in [2.75, 3.05) is 24.3 Å². The zero-order valence-corrected chi connectivity index (χ0v) is 10.7. The molecule has 0 saturated carbocycles. The summed E-state index contributed by atoms with van der Waals surface area (Å²) in [5.41, 5.74) is 6.58. The maximum atomic E-state index is 11.7. The minimum Gasteiger partial charge on any atom is -0.399 e. The molecule has 88 valence electrons. The van der Waals surface area contributed by atoms with Gasteiger partial charge in [-0.2, -0.15) is 11.8 Å². The first kappa shape index (κ1) is 13.2. The number of nitrogens with two attached hydrogens (primary N) is 1. The van der Waals surface area contributed by atoms with E-state index in [-0.39, 0.29) is 5.91 Å². The number of nitrogens with one attached hydrogen (secondary N) is 1. The van der Waals surface area contributed by atoms with E-state index in [0.29, 0.717) is 22.8 Å². The van der Waals surface area contributed by atoms with Gasteiger partial charge in [0.25, 0.3) is 5.91 Å². The Morgan fingerprint density at radius 1 is 1.56 bits per heavy atom. The van der Waals surface area contributed by atoms with Crippen molar-refractivity contribution in [3.05, 3.63) is 28.8 Å².